The van der Waals surface area contributed by atoms with E-state index in [1.807, 2.05) is 37.8 Å². The van der Waals surface area contributed by atoms with E-state index in [1.165, 1.54) is 4.90 Å². The fourth-order valence-electron chi connectivity index (χ4n) is 5.53. The maximum absolute atomic E-state index is 13.6. The zero-order valence-corrected chi connectivity index (χ0v) is 22.0. The maximum Gasteiger partial charge on any atom is 0.415 e. The minimum atomic E-state index is -0.972. The summed E-state index contributed by atoms with van der Waals surface area (Å²) in [7, 11) is 1.62. The first-order chi connectivity index (χ1) is 18.1. The van der Waals surface area contributed by atoms with Crippen LogP contribution < -0.4 is 9.80 Å². The van der Waals surface area contributed by atoms with Crippen LogP contribution in [0.2, 0.25) is 0 Å². The number of piperazine rings is 1. The van der Waals surface area contributed by atoms with Crippen molar-refractivity contribution in [2.45, 2.75) is 63.9 Å². The van der Waals surface area contributed by atoms with Crippen LogP contribution in [-0.4, -0.2) is 80.8 Å². The van der Waals surface area contributed by atoms with Crippen LogP contribution in [0.1, 0.15) is 40.0 Å². The number of imidazole rings is 1. The molecule has 3 aromatic heterocycles. The van der Waals surface area contributed by atoms with Crippen LogP contribution in [0.4, 0.5) is 20.7 Å². The minimum Gasteiger partial charge on any atom is -0.443 e. The van der Waals surface area contributed by atoms with Gasteiger partial charge in [0.25, 0.3) is 0 Å². The molecule has 4 atom stereocenters. The van der Waals surface area contributed by atoms with Crippen molar-refractivity contribution in [1.82, 2.24) is 24.8 Å². The van der Waals surface area contributed by atoms with Gasteiger partial charge >= 0.3 is 6.09 Å². The fraction of sp³-hybridized carbons (Fsp3) is 0.519. The molecule has 5 heterocycles. The standard InChI is InChI=1S/C27H32FN7O3/c1-27(2,3)38-26(37)33(4)21-11-15(7-9-29-21)23-31-22-20(8-10-30-24(22)32-23)34-13-16-5-6-17(14-34)35(16)25(36)18-12-19(18)28/h7-11,16-19H,5-6,12-14H2,1-4H3,(H,30,31,32)/t16?,17?,18-,19-/m1/s1. The third-order valence-corrected chi connectivity index (χ3v) is 7.50. The van der Waals surface area contributed by atoms with Crippen molar-refractivity contribution in [2.24, 2.45) is 5.92 Å². The Labute approximate surface area is 220 Å². The van der Waals surface area contributed by atoms with Crippen LogP contribution in [0.25, 0.3) is 22.6 Å². The molecule has 2 aliphatic heterocycles. The second kappa shape index (κ2) is 8.92. The highest BCUT2D eigenvalue weighted by Crippen LogP contribution is 2.41. The molecule has 3 fully saturated rings. The summed E-state index contributed by atoms with van der Waals surface area (Å²) in [5, 5.41) is 0. The van der Waals surface area contributed by atoms with E-state index in [9.17, 15) is 14.0 Å². The number of aromatic amines is 1. The van der Waals surface area contributed by atoms with E-state index in [4.69, 9.17) is 9.72 Å². The number of fused-ring (bicyclic) bond motifs is 3. The summed E-state index contributed by atoms with van der Waals surface area (Å²) >= 11 is 0. The molecule has 1 aliphatic carbocycles. The summed E-state index contributed by atoms with van der Waals surface area (Å²) in [5.41, 5.74) is 2.49. The number of hydrogen-bond donors (Lipinski definition) is 1. The molecule has 3 aromatic rings. The number of carbonyl (C=O) groups is 2. The van der Waals surface area contributed by atoms with Gasteiger partial charge in [-0.2, -0.15) is 0 Å². The van der Waals surface area contributed by atoms with E-state index in [2.05, 4.69) is 19.9 Å². The van der Waals surface area contributed by atoms with Gasteiger partial charge in [0.15, 0.2) is 5.65 Å². The molecule has 1 saturated carbocycles. The van der Waals surface area contributed by atoms with Gasteiger partial charge in [-0.15, -0.1) is 0 Å². The monoisotopic (exact) mass is 521 g/mol. The average Bonchev–Trinajstić information content (AvgIpc) is 3.34. The molecule has 200 valence electrons. The van der Waals surface area contributed by atoms with Crippen molar-refractivity contribution < 1.29 is 18.7 Å². The molecule has 0 spiro atoms. The fourth-order valence-corrected chi connectivity index (χ4v) is 5.53. The smallest absolute Gasteiger partial charge is 0.415 e. The lowest BCUT2D eigenvalue weighted by Crippen LogP contribution is -2.56. The normalized spacial score (nSPS) is 24.6. The Kier molecular flexibility index (Phi) is 5.77. The van der Waals surface area contributed by atoms with Crippen LogP contribution in [0.3, 0.4) is 0 Å². The van der Waals surface area contributed by atoms with E-state index in [0.717, 1.165) is 29.6 Å². The van der Waals surface area contributed by atoms with Gasteiger partial charge in [-0.3, -0.25) is 9.69 Å². The Morgan fingerprint density at radius 2 is 1.82 bits per heavy atom. The van der Waals surface area contributed by atoms with Gasteiger partial charge in [0.2, 0.25) is 5.91 Å². The summed E-state index contributed by atoms with van der Waals surface area (Å²) in [6.45, 7) is 6.83. The number of hydrogen-bond acceptors (Lipinski definition) is 7. The molecule has 1 N–H and O–H groups in total. The molecule has 10 nitrogen and oxygen atoms in total. The van der Waals surface area contributed by atoms with Gasteiger partial charge in [-0.1, -0.05) is 0 Å². The highest BCUT2D eigenvalue weighted by Gasteiger charge is 2.51. The predicted octanol–water partition coefficient (Wildman–Crippen LogP) is 3.93. The van der Waals surface area contributed by atoms with Crippen molar-refractivity contribution in [2.75, 3.05) is 29.9 Å². The Hall–Kier alpha value is -3.76. The van der Waals surface area contributed by atoms with Crippen molar-refractivity contribution in [3.63, 3.8) is 0 Å². The number of alkyl halides is 1. The number of nitrogens with zero attached hydrogens (tertiary/aromatic N) is 6. The molecule has 6 rings (SSSR count). The van der Waals surface area contributed by atoms with Crippen LogP contribution in [0.5, 0.6) is 0 Å². The molecule has 0 aromatic carbocycles. The SMILES string of the molecule is CN(C(=O)OC(C)(C)C)c1cc(-c2nc3c(N4CC5CCC(C4)N5C(=O)[C@@H]4C[C@H]4F)ccnc3[nH]2)ccn1. The lowest BCUT2D eigenvalue weighted by atomic mass is 10.1. The molecule has 0 radical (unpaired) electrons. The second-order valence-electron chi connectivity index (χ2n) is 11.4. The molecule has 2 bridgehead atoms. The van der Waals surface area contributed by atoms with E-state index < -0.39 is 23.8 Å². The number of ether oxygens (including phenoxy) is 1. The number of halogens is 1. The van der Waals surface area contributed by atoms with E-state index in [0.29, 0.717) is 36.8 Å². The molecule has 3 aliphatic rings. The molecule has 11 heteroatoms. The largest absolute Gasteiger partial charge is 0.443 e. The average molecular weight is 522 g/mol. The highest BCUT2D eigenvalue weighted by molar-refractivity contribution is 5.90. The summed E-state index contributed by atoms with van der Waals surface area (Å²) in [6.07, 6.45) is 4.15. The Bertz CT molecular complexity index is 1390. The number of pyridine rings is 2. The number of rotatable bonds is 4. The lowest BCUT2D eigenvalue weighted by molar-refractivity contribution is -0.136. The summed E-state index contributed by atoms with van der Waals surface area (Å²) < 4.78 is 19.0. The van der Waals surface area contributed by atoms with Crippen LogP contribution >= 0.6 is 0 Å². The van der Waals surface area contributed by atoms with E-state index >= 15 is 0 Å². The Morgan fingerprint density at radius 1 is 1.13 bits per heavy atom. The van der Waals surface area contributed by atoms with Gasteiger partial charge < -0.3 is 19.5 Å². The van der Waals surface area contributed by atoms with Gasteiger partial charge in [-0.25, -0.2) is 24.1 Å². The molecule has 2 amide bonds. The summed E-state index contributed by atoms with van der Waals surface area (Å²) in [4.78, 5) is 48.0. The topological polar surface area (TPSA) is 108 Å². The maximum atomic E-state index is 13.6. The number of aromatic nitrogens is 4. The first-order valence-electron chi connectivity index (χ1n) is 13.1. The van der Waals surface area contributed by atoms with Crippen LogP contribution in [0.15, 0.2) is 30.6 Å². The van der Waals surface area contributed by atoms with E-state index in [1.54, 1.807) is 25.5 Å². The van der Waals surface area contributed by atoms with Gasteiger partial charge in [-0.05, 0) is 58.2 Å². The number of carbonyl (C=O) groups excluding carboxylic acids is 2. The summed E-state index contributed by atoms with van der Waals surface area (Å²) in [6, 6.07) is 5.73. The van der Waals surface area contributed by atoms with Crippen molar-refractivity contribution in [3.05, 3.63) is 30.6 Å². The number of anilines is 2. The lowest BCUT2D eigenvalue weighted by Gasteiger charge is -2.42. The highest BCUT2D eigenvalue weighted by atomic mass is 19.1. The predicted molar refractivity (Wildman–Crippen MR) is 141 cm³/mol. The number of nitrogens with one attached hydrogen (secondary N) is 1. The number of amides is 2. The van der Waals surface area contributed by atoms with E-state index in [-0.39, 0.29) is 18.0 Å². The van der Waals surface area contributed by atoms with Gasteiger partial charge in [0, 0.05) is 50.2 Å². The molecule has 2 saturated heterocycles. The first kappa shape index (κ1) is 24.6. The quantitative estimate of drug-likeness (QED) is 0.554. The summed E-state index contributed by atoms with van der Waals surface area (Å²) in [5.74, 6) is 0.594. The zero-order chi connectivity index (χ0) is 26.8. The molecular formula is C27H32FN7O3. The van der Waals surface area contributed by atoms with Gasteiger partial charge in [0.1, 0.15) is 28.9 Å². The second-order valence-corrected chi connectivity index (χ2v) is 11.4. The molecule has 2 unspecified atom stereocenters. The van der Waals surface area contributed by atoms with Crippen LogP contribution in [-0.2, 0) is 9.53 Å². The van der Waals surface area contributed by atoms with Crippen LogP contribution in [0, 0.1) is 5.92 Å². The van der Waals surface area contributed by atoms with Crippen molar-refractivity contribution >= 4 is 34.7 Å². The molecule has 38 heavy (non-hydrogen) atoms. The Balaban J connectivity index is 1.25. The Morgan fingerprint density at radius 3 is 2.47 bits per heavy atom. The third kappa shape index (κ3) is 4.43. The molecular weight excluding hydrogens is 489 g/mol. The third-order valence-electron chi connectivity index (χ3n) is 7.50. The van der Waals surface area contributed by atoms with Crippen molar-refractivity contribution in [1.29, 1.82) is 0 Å². The first-order valence-corrected chi connectivity index (χ1v) is 13.1. The zero-order valence-electron chi connectivity index (χ0n) is 22.0. The number of H-pyrrole nitrogens is 1. The van der Waals surface area contributed by atoms with Crippen molar-refractivity contribution in [3.8, 4) is 11.4 Å². The van der Waals surface area contributed by atoms with Gasteiger partial charge in [0.05, 0.1) is 11.6 Å². The minimum absolute atomic E-state index is 0.0172.